The molecule has 0 fully saturated rings. The molecule has 0 radical (unpaired) electrons. The van der Waals surface area contributed by atoms with Gasteiger partial charge in [0.25, 0.3) is 0 Å². The monoisotopic (exact) mass is 214 g/mol. The molecule has 0 amide bonds. The van der Waals surface area contributed by atoms with Crippen LogP contribution in [0.4, 0.5) is 5.69 Å². The minimum atomic E-state index is 0.197. The Kier molecular flexibility index (Phi) is 4.04. The molecule has 0 bridgehead atoms. The van der Waals surface area contributed by atoms with Crippen LogP contribution in [0.1, 0.15) is 6.92 Å². The van der Waals surface area contributed by atoms with E-state index < -0.39 is 0 Å². The minimum Gasteiger partial charge on any atom is -0.495 e. The van der Waals surface area contributed by atoms with E-state index >= 15 is 0 Å². The third-order valence-electron chi connectivity index (χ3n) is 1.92. The summed E-state index contributed by atoms with van der Waals surface area (Å²) in [5, 5.41) is 3.90. The van der Waals surface area contributed by atoms with Crippen molar-refractivity contribution in [1.29, 1.82) is 0 Å². The maximum atomic E-state index is 5.87. The fourth-order valence-electron chi connectivity index (χ4n) is 1.12. The summed E-state index contributed by atoms with van der Waals surface area (Å²) in [6, 6.07) is 5.64. The molecular formula is C10H15ClN2O. The normalized spacial score (nSPS) is 12.3. The van der Waals surface area contributed by atoms with Crippen molar-refractivity contribution in [1.82, 2.24) is 0 Å². The van der Waals surface area contributed by atoms with Crippen molar-refractivity contribution < 1.29 is 4.74 Å². The molecule has 0 aliphatic rings. The molecule has 0 heterocycles. The first-order chi connectivity index (χ1) is 6.67. The van der Waals surface area contributed by atoms with Crippen LogP contribution in [0.2, 0.25) is 5.02 Å². The largest absolute Gasteiger partial charge is 0.495 e. The van der Waals surface area contributed by atoms with E-state index in [1.165, 1.54) is 0 Å². The third kappa shape index (κ3) is 2.79. The summed E-state index contributed by atoms with van der Waals surface area (Å²) in [4.78, 5) is 0. The Balaban J connectivity index is 2.87. The summed E-state index contributed by atoms with van der Waals surface area (Å²) in [6.45, 7) is 2.57. The first-order valence-corrected chi connectivity index (χ1v) is 4.85. The molecule has 1 aromatic carbocycles. The van der Waals surface area contributed by atoms with Gasteiger partial charge in [0.1, 0.15) is 5.75 Å². The predicted octanol–water partition coefficient (Wildman–Crippen LogP) is 2.11. The Morgan fingerprint density at radius 3 is 2.86 bits per heavy atom. The Morgan fingerprint density at radius 2 is 2.29 bits per heavy atom. The van der Waals surface area contributed by atoms with E-state index in [2.05, 4.69) is 5.32 Å². The van der Waals surface area contributed by atoms with Crippen molar-refractivity contribution in [2.24, 2.45) is 5.73 Å². The number of ether oxygens (including phenoxy) is 1. The topological polar surface area (TPSA) is 47.3 Å². The van der Waals surface area contributed by atoms with E-state index in [1.807, 2.05) is 19.1 Å². The number of benzene rings is 1. The molecule has 3 N–H and O–H groups in total. The molecule has 14 heavy (non-hydrogen) atoms. The fourth-order valence-corrected chi connectivity index (χ4v) is 1.29. The lowest BCUT2D eigenvalue weighted by atomic mass is 10.2. The first kappa shape index (κ1) is 11.1. The summed E-state index contributed by atoms with van der Waals surface area (Å²) in [7, 11) is 1.63. The molecule has 0 aliphatic carbocycles. The number of halogens is 1. The lowest BCUT2D eigenvalue weighted by molar-refractivity contribution is 0.416. The minimum absolute atomic E-state index is 0.197. The molecule has 78 valence electrons. The van der Waals surface area contributed by atoms with Crippen molar-refractivity contribution in [3.63, 3.8) is 0 Å². The number of nitrogens with one attached hydrogen (secondary N) is 1. The number of methoxy groups -OCH3 is 1. The summed E-state index contributed by atoms with van der Waals surface area (Å²) in [6.07, 6.45) is 0. The van der Waals surface area contributed by atoms with E-state index in [1.54, 1.807) is 13.2 Å². The summed E-state index contributed by atoms with van der Waals surface area (Å²) >= 11 is 5.87. The zero-order valence-corrected chi connectivity index (χ0v) is 9.14. The van der Waals surface area contributed by atoms with Gasteiger partial charge in [-0.05, 0) is 25.1 Å². The highest BCUT2D eigenvalue weighted by Gasteiger charge is 2.05. The van der Waals surface area contributed by atoms with E-state index in [4.69, 9.17) is 22.1 Å². The highest BCUT2D eigenvalue weighted by Crippen LogP contribution is 2.27. The Bertz CT molecular complexity index is 304. The van der Waals surface area contributed by atoms with Crippen LogP contribution >= 0.6 is 11.6 Å². The summed E-state index contributed by atoms with van der Waals surface area (Å²) < 4.78 is 5.18. The zero-order valence-electron chi connectivity index (χ0n) is 8.38. The SMILES string of the molecule is COc1ccc(Cl)cc1NC(C)CN. The number of nitrogens with two attached hydrogens (primary N) is 1. The zero-order chi connectivity index (χ0) is 10.6. The van der Waals surface area contributed by atoms with Crippen molar-refractivity contribution in [2.45, 2.75) is 13.0 Å². The molecule has 1 rings (SSSR count). The van der Waals surface area contributed by atoms with Crippen molar-refractivity contribution in [2.75, 3.05) is 19.0 Å². The average Bonchev–Trinajstić information content (AvgIpc) is 2.18. The Morgan fingerprint density at radius 1 is 1.57 bits per heavy atom. The predicted molar refractivity (Wildman–Crippen MR) is 60.1 cm³/mol. The lowest BCUT2D eigenvalue weighted by Gasteiger charge is -2.15. The van der Waals surface area contributed by atoms with Crippen LogP contribution in [0.25, 0.3) is 0 Å². The van der Waals surface area contributed by atoms with Gasteiger partial charge in [-0.25, -0.2) is 0 Å². The van der Waals surface area contributed by atoms with Crippen molar-refractivity contribution in [3.8, 4) is 5.75 Å². The van der Waals surface area contributed by atoms with Gasteiger partial charge in [0.15, 0.2) is 0 Å². The van der Waals surface area contributed by atoms with E-state index in [0.717, 1.165) is 11.4 Å². The first-order valence-electron chi connectivity index (χ1n) is 4.47. The maximum absolute atomic E-state index is 5.87. The van der Waals surface area contributed by atoms with Crippen LogP contribution < -0.4 is 15.8 Å². The molecule has 0 aliphatic heterocycles. The van der Waals surface area contributed by atoms with Crippen LogP contribution in [-0.2, 0) is 0 Å². The smallest absolute Gasteiger partial charge is 0.142 e. The van der Waals surface area contributed by atoms with Gasteiger partial charge >= 0.3 is 0 Å². The van der Waals surface area contributed by atoms with E-state index in [9.17, 15) is 0 Å². The van der Waals surface area contributed by atoms with Gasteiger partial charge in [0.05, 0.1) is 12.8 Å². The molecule has 4 heteroatoms. The third-order valence-corrected chi connectivity index (χ3v) is 2.15. The van der Waals surface area contributed by atoms with Crippen molar-refractivity contribution in [3.05, 3.63) is 23.2 Å². The molecule has 0 saturated carbocycles. The number of anilines is 1. The summed E-state index contributed by atoms with van der Waals surface area (Å²) in [5.74, 6) is 0.773. The van der Waals surface area contributed by atoms with Crippen LogP contribution in [0, 0.1) is 0 Å². The second-order valence-electron chi connectivity index (χ2n) is 3.13. The molecule has 1 aromatic rings. The number of rotatable bonds is 4. The quantitative estimate of drug-likeness (QED) is 0.807. The average molecular weight is 215 g/mol. The standard InChI is InChI=1S/C10H15ClN2O/c1-7(6-12)13-9-5-8(11)3-4-10(9)14-2/h3-5,7,13H,6,12H2,1-2H3. The van der Waals surface area contributed by atoms with Gasteiger partial charge < -0.3 is 15.8 Å². The highest BCUT2D eigenvalue weighted by molar-refractivity contribution is 6.30. The molecule has 1 atom stereocenters. The van der Waals surface area contributed by atoms with Crippen LogP contribution in [-0.4, -0.2) is 19.7 Å². The second kappa shape index (κ2) is 5.08. The molecule has 1 unspecified atom stereocenters. The van der Waals surface area contributed by atoms with Crippen molar-refractivity contribution >= 4 is 17.3 Å². The molecule has 0 saturated heterocycles. The second-order valence-corrected chi connectivity index (χ2v) is 3.56. The molecule has 3 nitrogen and oxygen atoms in total. The van der Waals surface area contributed by atoms with Gasteiger partial charge in [0.2, 0.25) is 0 Å². The molecular weight excluding hydrogens is 200 g/mol. The van der Waals surface area contributed by atoms with E-state index in [-0.39, 0.29) is 6.04 Å². The van der Waals surface area contributed by atoms with Crippen LogP contribution in [0.5, 0.6) is 5.75 Å². The molecule has 0 spiro atoms. The van der Waals surface area contributed by atoms with E-state index in [0.29, 0.717) is 11.6 Å². The van der Waals surface area contributed by atoms with Crippen LogP contribution in [0.3, 0.4) is 0 Å². The Hall–Kier alpha value is -0.930. The Labute approximate surface area is 89.2 Å². The summed E-state index contributed by atoms with van der Waals surface area (Å²) in [5.41, 5.74) is 6.39. The molecule has 0 aromatic heterocycles. The van der Waals surface area contributed by atoms with Gasteiger partial charge in [-0.2, -0.15) is 0 Å². The number of hydrogen-bond acceptors (Lipinski definition) is 3. The van der Waals surface area contributed by atoms with Gasteiger partial charge in [-0.15, -0.1) is 0 Å². The fraction of sp³-hybridized carbons (Fsp3) is 0.400. The highest BCUT2D eigenvalue weighted by atomic mass is 35.5. The lowest BCUT2D eigenvalue weighted by Crippen LogP contribution is -2.25. The van der Waals surface area contributed by atoms with Gasteiger partial charge in [0, 0.05) is 17.6 Å². The van der Waals surface area contributed by atoms with Crippen LogP contribution in [0.15, 0.2) is 18.2 Å². The maximum Gasteiger partial charge on any atom is 0.142 e. The van der Waals surface area contributed by atoms with Gasteiger partial charge in [-0.1, -0.05) is 11.6 Å². The number of hydrogen-bond donors (Lipinski definition) is 2. The van der Waals surface area contributed by atoms with Gasteiger partial charge in [-0.3, -0.25) is 0 Å².